The van der Waals surface area contributed by atoms with Crippen LogP contribution in [0.3, 0.4) is 0 Å². The van der Waals surface area contributed by atoms with Crippen LogP contribution in [0.1, 0.15) is 36.8 Å². The molecule has 1 aliphatic rings. The molecule has 1 saturated carbocycles. The minimum Gasteiger partial charge on any atom is -0.463 e. The molecule has 1 aromatic rings. The molecule has 0 radical (unpaired) electrons. The Morgan fingerprint density at radius 3 is 2.61 bits per heavy atom. The first kappa shape index (κ1) is 12.6. The van der Waals surface area contributed by atoms with Crippen LogP contribution in [0.25, 0.3) is 6.08 Å². The van der Waals surface area contributed by atoms with Gasteiger partial charge < -0.3 is 4.74 Å². The topological polar surface area (TPSA) is 26.3 Å². The van der Waals surface area contributed by atoms with Crippen molar-refractivity contribution in [3.05, 3.63) is 53.6 Å². The van der Waals surface area contributed by atoms with Gasteiger partial charge in [-0.2, -0.15) is 0 Å². The van der Waals surface area contributed by atoms with E-state index in [1.54, 1.807) is 13.0 Å². The van der Waals surface area contributed by atoms with Crippen LogP contribution in [-0.4, -0.2) is 12.6 Å². The van der Waals surface area contributed by atoms with Crippen LogP contribution >= 0.6 is 0 Å². The minimum absolute atomic E-state index is 0.300. The fraction of sp³-hybridized carbons (Fsp3) is 0.312. The van der Waals surface area contributed by atoms with Crippen LogP contribution in [0, 0.1) is 0 Å². The summed E-state index contributed by atoms with van der Waals surface area (Å²) in [7, 11) is 0. The summed E-state index contributed by atoms with van der Waals surface area (Å²) < 4.78 is 4.78. The van der Waals surface area contributed by atoms with Gasteiger partial charge in [0.05, 0.1) is 6.61 Å². The van der Waals surface area contributed by atoms with E-state index in [9.17, 15) is 4.79 Å². The number of ether oxygens (including phenoxy) is 1. The van der Waals surface area contributed by atoms with Crippen molar-refractivity contribution < 1.29 is 9.53 Å². The zero-order chi connectivity index (χ0) is 12.8. The second kappa shape index (κ2) is 6.20. The number of esters is 1. The molecule has 0 bridgehead atoms. The predicted octanol–water partition coefficient (Wildman–Crippen LogP) is 3.70. The highest BCUT2D eigenvalue weighted by Crippen LogP contribution is 2.39. The summed E-state index contributed by atoms with van der Waals surface area (Å²) in [5.41, 5.74) is 2.59. The molecular weight excluding hydrogens is 224 g/mol. The van der Waals surface area contributed by atoms with Crippen LogP contribution in [0.5, 0.6) is 0 Å². The normalized spacial score (nSPS) is 15.4. The molecule has 18 heavy (non-hydrogen) atoms. The lowest BCUT2D eigenvalue weighted by Gasteiger charge is -1.98. The van der Waals surface area contributed by atoms with Crippen molar-refractivity contribution in [3.63, 3.8) is 0 Å². The third kappa shape index (κ3) is 3.88. The Morgan fingerprint density at radius 1 is 1.28 bits per heavy atom. The van der Waals surface area contributed by atoms with Gasteiger partial charge in [-0.3, -0.25) is 0 Å². The van der Waals surface area contributed by atoms with Crippen molar-refractivity contribution in [2.45, 2.75) is 25.7 Å². The van der Waals surface area contributed by atoms with E-state index in [-0.39, 0.29) is 5.97 Å². The Kier molecular flexibility index (Phi) is 4.35. The SMILES string of the molecule is CCOC(=O)C=CC=Cc1ccc(C2CC2)cc1. The third-order valence-electron chi connectivity index (χ3n) is 2.90. The summed E-state index contributed by atoms with van der Waals surface area (Å²) >= 11 is 0. The van der Waals surface area contributed by atoms with Crippen LogP contribution in [0.2, 0.25) is 0 Å². The lowest BCUT2D eigenvalue weighted by atomic mass is 10.1. The molecule has 2 rings (SSSR count). The Labute approximate surface area is 108 Å². The van der Waals surface area contributed by atoms with Gasteiger partial charge in [-0.05, 0) is 36.8 Å². The van der Waals surface area contributed by atoms with Gasteiger partial charge in [0, 0.05) is 6.08 Å². The lowest BCUT2D eigenvalue weighted by Crippen LogP contribution is -1.98. The van der Waals surface area contributed by atoms with Gasteiger partial charge in [-0.25, -0.2) is 4.79 Å². The molecule has 0 unspecified atom stereocenters. The van der Waals surface area contributed by atoms with Gasteiger partial charge in [0.15, 0.2) is 0 Å². The zero-order valence-corrected chi connectivity index (χ0v) is 10.6. The van der Waals surface area contributed by atoms with E-state index in [0.29, 0.717) is 6.61 Å². The van der Waals surface area contributed by atoms with Gasteiger partial charge in [0.2, 0.25) is 0 Å². The highest BCUT2D eigenvalue weighted by Gasteiger charge is 2.22. The average molecular weight is 242 g/mol. The summed E-state index contributed by atoms with van der Waals surface area (Å²) in [5, 5.41) is 0. The first-order valence-electron chi connectivity index (χ1n) is 6.41. The molecule has 0 spiro atoms. The lowest BCUT2D eigenvalue weighted by molar-refractivity contribution is -0.137. The molecule has 1 aromatic carbocycles. The van der Waals surface area contributed by atoms with E-state index in [1.807, 2.05) is 12.2 Å². The summed E-state index contributed by atoms with van der Waals surface area (Å²) in [6.07, 6.45) is 9.62. The maximum atomic E-state index is 11.0. The Morgan fingerprint density at radius 2 is 2.00 bits per heavy atom. The van der Waals surface area contributed by atoms with Crippen LogP contribution in [0.15, 0.2) is 42.5 Å². The molecule has 94 valence electrons. The van der Waals surface area contributed by atoms with Crippen molar-refractivity contribution in [2.75, 3.05) is 6.61 Å². The van der Waals surface area contributed by atoms with Crippen LogP contribution < -0.4 is 0 Å². The zero-order valence-electron chi connectivity index (χ0n) is 10.6. The maximum Gasteiger partial charge on any atom is 0.330 e. The molecule has 0 saturated heterocycles. The second-order valence-corrected chi connectivity index (χ2v) is 4.41. The van der Waals surface area contributed by atoms with E-state index >= 15 is 0 Å². The van der Waals surface area contributed by atoms with Gasteiger partial charge in [0.1, 0.15) is 0 Å². The molecule has 2 nitrogen and oxygen atoms in total. The van der Waals surface area contributed by atoms with E-state index in [2.05, 4.69) is 24.3 Å². The fourth-order valence-corrected chi connectivity index (χ4v) is 1.79. The average Bonchev–Trinajstić information content (AvgIpc) is 3.20. The molecule has 0 heterocycles. The standard InChI is InChI=1S/C16H18O2/c1-2-18-16(17)6-4-3-5-13-7-9-14(10-8-13)15-11-12-15/h3-10,15H,2,11-12H2,1H3. The van der Waals surface area contributed by atoms with Gasteiger partial charge >= 0.3 is 5.97 Å². The van der Waals surface area contributed by atoms with E-state index in [1.165, 1.54) is 24.5 Å². The maximum absolute atomic E-state index is 11.0. The summed E-state index contributed by atoms with van der Waals surface area (Å²) in [5.74, 6) is 0.498. The minimum atomic E-state index is -0.300. The molecule has 0 atom stereocenters. The molecule has 1 aliphatic carbocycles. The molecule has 0 aromatic heterocycles. The van der Waals surface area contributed by atoms with Crippen molar-refractivity contribution in [3.8, 4) is 0 Å². The molecule has 0 N–H and O–H groups in total. The van der Waals surface area contributed by atoms with E-state index in [0.717, 1.165) is 11.5 Å². The number of carbonyl (C=O) groups is 1. The largest absolute Gasteiger partial charge is 0.463 e. The molecule has 0 amide bonds. The third-order valence-corrected chi connectivity index (χ3v) is 2.90. The highest BCUT2D eigenvalue weighted by molar-refractivity contribution is 5.82. The number of allylic oxidation sites excluding steroid dienone is 2. The summed E-state index contributed by atoms with van der Waals surface area (Å²) in [6, 6.07) is 8.60. The second-order valence-electron chi connectivity index (χ2n) is 4.41. The molecule has 2 heteroatoms. The Balaban J connectivity index is 1.86. The Bertz CT molecular complexity index is 450. The summed E-state index contributed by atoms with van der Waals surface area (Å²) in [6.45, 7) is 2.21. The van der Waals surface area contributed by atoms with Crippen molar-refractivity contribution in [2.24, 2.45) is 0 Å². The van der Waals surface area contributed by atoms with Crippen LogP contribution in [0.4, 0.5) is 0 Å². The number of hydrogen-bond acceptors (Lipinski definition) is 2. The van der Waals surface area contributed by atoms with Gasteiger partial charge in [-0.1, -0.05) is 42.5 Å². The number of benzene rings is 1. The number of carbonyl (C=O) groups excluding carboxylic acids is 1. The van der Waals surface area contributed by atoms with Gasteiger partial charge in [-0.15, -0.1) is 0 Å². The van der Waals surface area contributed by atoms with E-state index < -0.39 is 0 Å². The summed E-state index contributed by atoms with van der Waals surface area (Å²) in [4.78, 5) is 11.0. The molecule has 0 aliphatic heterocycles. The van der Waals surface area contributed by atoms with Crippen molar-refractivity contribution >= 4 is 12.0 Å². The fourth-order valence-electron chi connectivity index (χ4n) is 1.79. The van der Waals surface area contributed by atoms with E-state index in [4.69, 9.17) is 4.74 Å². The van der Waals surface area contributed by atoms with Crippen LogP contribution in [-0.2, 0) is 9.53 Å². The molecular formula is C16H18O2. The quantitative estimate of drug-likeness (QED) is 0.447. The first-order valence-corrected chi connectivity index (χ1v) is 6.41. The highest BCUT2D eigenvalue weighted by atomic mass is 16.5. The smallest absolute Gasteiger partial charge is 0.330 e. The Hall–Kier alpha value is -1.83. The number of rotatable bonds is 5. The van der Waals surface area contributed by atoms with Gasteiger partial charge in [0.25, 0.3) is 0 Å². The first-order chi connectivity index (χ1) is 8.79. The van der Waals surface area contributed by atoms with Crippen molar-refractivity contribution in [1.82, 2.24) is 0 Å². The monoisotopic (exact) mass is 242 g/mol. The predicted molar refractivity (Wildman–Crippen MR) is 73.2 cm³/mol. The van der Waals surface area contributed by atoms with Crippen molar-refractivity contribution in [1.29, 1.82) is 0 Å². The number of hydrogen-bond donors (Lipinski definition) is 0. The molecule has 1 fully saturated rings.